The number of hydrazone groups is 1. The Morgan fingerprint density at radius 3 is 2.37 bits per heavy atom. The third-order valence-electron chi connectivity index (χ3n) is 5.50. The molecule has 10 nitrogen and oxygen atoms in total. The number of benzene rings is 3. The second-order valence-electron chi connectivity index (χ2n) is 8.43. The molecule has 0 spiro atoms. The first-order chi connectivity index (χ1) is 19.7. The topological polar surface area (TPSA) is 130 Å². The molecule has 0 unspecified atom stereocenters. The lowest BCUT2D eigenvalue weighted by Crippen LogP contribution is -2.39. The molecule has 4 aromatic rings. The Kier molecular flexibility index (Phi) is 10.0. The fraction of sp³-hybridized carbons (Fsp3) is 0.107. The molecule has 13 heteroatoms. The Labute approximate surface area is 246 Å². The summed E-state index contributed by atoms with van der Waals surface area (Å²) in [6, 6.07) is 22.1. The SMILES string of the molecule is O=C(COc1ccc(/C=N\NC(=O)CN(c2ccc(Cl)c(Cl)c2)S(=O)(=O)c2ccccc2)cc1)NCc1ccco1. The van der Waals surface area contributed by atoms with Gasteiger partial charge in [-0.3, -0.25) is 13.9 Å². The van der Waals surface area contributed by atoms with Gasteiger partial charge in [-0.15, -0.1) is 0 Å². The molecule has 3 aromatic carbocycles. The smallest absolute Gasteiger partial charge is 0.264 e. The number of carbonyl (C=O) groups excluding carboxylic acids is 2. The van der Waals surface area contributed by atoms with Gasteiger partial charge in [-0.05, 0) is 72.3 Å². The highest BCUT2D eigenvalue weighted by atomic mass is 35.5. The Bertz CT molecular complexity index is 1610. The molecule has 0 aliphatic rings. The highest BCUT2D eigenvalue weighted by Gasteiger charge is 2.27. The average molecular weight is 615 g/mol. The summed E-state index contributed by atoms with van der Waals surface area (Å²) in [6.07, 6.45) is 2.91. The molecule has 0 aliphatic carbocycles. The summed E-state index contributed by atoms with van der Waals surface area (Å²) < 4.78 is 38.3. The van der Waals surface area contributed by atoms with Crippen LogP contribution < -0.4 is 19.8 Å². The molecular weight excluding hydrogens is 591 g/mol. The van der Waals surface area contributed by atoms with E-state index >= 15 is 0 Å². The van der Waals surface area contributed by atoms with Gasteiger partial charge in [0.1, 0.15) is 18.1 Å². The van der Waals surface area contributed by atoms with Gasteiger partial charge in [-0.25, -0.2) is 13.8 Å². The van der Waals surface area contributed by atoms with Gasteiger partial charge in [0.05, 0.1) is 39.7 Å². The number of hydrogen-bond donors (Lipinski definition) is 2. The molecule has 1 aromatic heterocycles. The lowest BCUT2D eigenvalue weighted by molar-refractivity contribution is -0.123. The number of nitrogens with one attached hydrogen (secondary N) is 2. The number of rotatable bonds is 12. The van der Waals surface area contributed by atoms with Crippen LogP contribution in [0.3, 0.4) is 0 Å². The minimum Gasteiger partial charge on any atom is -0.484 e. The minimum atomic E-state index is -4.12. The van der Waals surface area contributed by atoms with Crippen LogP contribution in [0.25, 0.3) is 0 Å². The van der Waals surface area contributed by atoms with E-state index in [1.807, 2.05) is 0 Å². The van der Waals surface area contributed by atoms with Gasteiger partial charge in [0.25, 0.3) is 21.8 Å². The van der Waals surface area contributed by atoms with Crippen molar-refractivity contribution in [2.24, 2.45) is 5.10 Å². The number of halogens is 2. The van der Waals surface area contributed by atoms with E-state index < -0.39 is 22.5 Å². The lowest BCUT2D eigenvalue weighted by atomic mass is 10.2. The molecule has 0 fully saturated rings. The Morgan fingerprint density at radius 1 is 0.927 bits per heavy atom. The van der Waals surface area contributed by atoms with E-state index in [1.54, 1.807) is 54.6 Å². The van der Waals surface area contributed by atoms with Crippen molar-refractivity contribution in [3.8, 4) is 5.75 Å². The molecule has 212 valence electrons. The fourth-order valence-electron chi connectivity index (χ4n) is 3.47. The molecule has 0 radical (unpaired) electrons. The van der Waals surface area contributed by atoms with Crippen molar-refractivity contribution in [1.29, 1.82) is 0 Å². The average Bonchev–Trinajstić information content (AvgIpc) is 3.50. The largest absolute Gasteiger partial charge is 0.484 e. The highest BCUT2D eigenvalue weighted by Crippen LogP contribution is 2.30. The maximum absolute atomic E-state index is 13.4. The zero-order valence-corrected chi connectivity index (χ0v) is 23.7. The molecule has 0 aliphatic heterocycles. The van der Waals surface area contributed by atoms with E-state index in [0.717, 1.165) is 4.31 Å². The van der Waals surface area contributed by atoms with Crippen LogP contribution in [0.4, 0.5) is 5.69 Å². The Morgan fingerprint density at radius 2 is 1.68 bits per heavy atom. The van der Waals surface area contributed by atoms with E-state index in [0.29, 0.717) is 17.1 Å². The number of furan rings is 1. The summed E-state index contributed by atoms with van der Waals surface area (Å²) in [4.78, 5) is 24.7. The van der Waals surface area contributed by atoms with Crippen molar-refractivity contribution in [2.75, 3.05) is 17.5 Å². The third kappa shape index (κ3) is 8.34. The van der Waals surface area contributed by atoms with Crippen molar-refractivity contribution in [1.82, 2.24) is 10.7 Å². The van der Waals surface area contributed by atoms with Crippen LogP contribution in [0.1, 0.15) is 11.3 Å². The van der Waals surface area contributed by atoms with Crippen LogP contribution >= 0.6 is 23.2 Å². The molecular formula is C28H24Cl2N4O6S. The first kappa shape index (κ1) is 29.7. The number of ether oxygens (including phenoxy) is 1. The van der Waals surface area contributed by atoms with E-state index in [2.05, 4.69) is 15.8 Å². The van der Waals surface area contributed by atoms with Gasteiger partial charge in [-0.1, -0.05) is 41.4 Å². The molecule has 0 bridgehead atoms. The second kappa shape index (κ2) is 13.8. The van der Waals surface area contributed by atoms with Gasteiger partial charge in [0.2, 0.25) is 0 Å². The normalized spacial score (nSPS) is 11.3. The van der Waals surface area contributed by atoms with Crippen molar-refractivity contribution < 1.29 is 27.2 Å². The predicted molar refractivity (Wildman–Crippen MR) is 156 cm³/mol. The molecule has 1 heterocycles. The maximum Gasteiger partial charge on any atom is 0.264 e. The van der Waals surface area contributed by atoms with Crippen molar-refractivity contribution >= 4 is 56.9 Å². The van der Waals surface area contributed by atoms with E-state index in [-0.39, 0.29) is 39.7 Å². The fourth-order valence-corrected chi connectivity index (χ4v) is 5.19. The van der Waals surface area contributed by atoms with Crippen molar-refractivity contribution in [3.63, 3.8) is 0 Å². The number of carbonyl (C=O) groups is 2. The Balaban J connectivity index is 1.34. The molecule has 0 atom stereocenters. The molecule has 0 saturated heterocycles. The van der Waals surface area contributed by atoms with E-state index in [9.17, 15) is 18.0 Å². The van der Waals surface area contributed by atoms with Crippen LogP contribution in [0.5, 0.6) is 5.75 Å². The van der Waals surface area contributed by atoms with Crippen LogP contribution in [0.2, 0.25) is 10.0 Å². The van der Waals surface area contributed by atoms with Crippen molar-refractivity contribution in [2.45, 2.75) is 11.4 Å². The zero-order chi connectivity index (χ0) is 29.2. The summed E-state index contributed by atoms with van der Waals surface area (Å²) in [5.41, 5.74) is 3.12. The van der Waals surface area contributed by atoms with Gasteiger partial charge in [-0.2, -0.15) is 5.10 Å². The van der Waals surface area contributed by atoms with Gasteiger partial charge >= 0.3 is 0 Å². The number of anilines is 1. The van der Waals surface area contributed by atoms with Gasteiger partial charge in [0, 0.05) is 0 Å². The predicted octanol–water partition coefficient (Wildman–Crippen LogP) is 4.63. The van der Waals surface area contributed by atoms with Crippen LogP contribution in [0.15, 0.2) is 106 Å². The molecule has 2 amide bonds. The van der Waals surface area contributed by atoms with Crippen LogP contribution in [-0.2, 0) is 26.2 Å². The first-order valence-corrected chi connectivity index (χ1v) is 14.3. The number of sulfonamides is 1. The quantitative estimate of drug-likeness (QED) is 0.177. The maximum atomic E-state index is 13.4. The summed E-state index contributed by atoms with van der Waals surface area (Å²) in [6.45, 7) is -0.480. The number of nitrogens with zero attached hydrogens (tertiary/aromatic N) is 2. The minimum absolute atomic E-state index is 0.000290. The monoisotopic (exact) mass is 614 g/mol. The number of hydrogen-bond acceptors (Lipinski definition) is 7. The number of amides is 2. The van der Waals surface area contributed by atoms with Crippen LogP contribution in [0, 0.1) is 0 Å². The standard InChI is InChI=1S/C28H24Cl2N4O6S/c29-25-13-10-21(15-26(25)30)34(41(37,38)24-6-2-1-3-7-24)18-27(35)33-32-16-20-8-11-22(12-9-20)40-19-28(36)31-17-23-5-4-14-39-23/h1-16H,17-19H2,(H,31,36)(H,33,35)/b32-16-. The second-order valence-corrected chi connectivity index (χ2v) is 11.1. The van der Waals surface area contributed by atoms with Crippen LogP contribution in [-0.4, -0.2) is 39.6 Å². The van der Waals surface area contributed by atoms with Gasteiger partial charge in [0.15, 0.2) is 6.61 Å². The molecule has 4 rings (SSSR count). The third-order valence-corrected chi connectivity index (χ3v) is 8.03. The highest BCUT2D eigenvalue weighted by molar-refractivity contribution is 7.92. The molecule has 2 N–H and O–H groups in total. The van der Waals surface area contributed by atoms with Crippen molar-refractivity contribution in [3.05, 3.63) is 113 Å². The summed E-state index contributed by atoms with van der Waals surface area (Å²) in [7, 11) is -4.12. The summed E-state index contributed by atoms with van der Waals surface area (Å²) in [5, 5.41) is 6.98. The Hall–Kier alpha value is -4.32. The molecule has 41 heavy (non-hydrogen) atoms. The first-order valence-electron chi connectivity index (χ1n) is 12.1. The molecule has 0 saturated carbocycles. The summed E-state index contributed by atoms with van der Waals surface area (Å²) in [5.74, 6) is 0.1000. The lowest BCUT2D eigenvalue weighted by Gasteiger charge is -2.24. The van der Waals surface area contributed by atoms with E-state index in [1.165, 1.54) is 42.8 Å². The summed E-state index contributed by atoms with van der Waals surface area (Å²) >= 11 is 12.1. The van der Waals surface area contributed by atoms with Gasteiger partial charge < -0.3 is 14.5 Å². The van der Waals surface area contributed by atoms with E-state index in [4.69, 9.17) is 32.4 Å². The zero-order valence-electron chi connectivity index (χ0n) is 21.4.